The molecule has 7 heteroatoms. The number of anilines is 1. The van der Waals surface area contributed by atoms with Crippen molar-refractivity contribution in [2.45, 2.75) is 38.3 Å². The van der Waals surface area contributed by atoms with Crippen molar-refractivity contribution in [3.63, 3.8) is 0 Å². The average molecular weight is 410 g/mol. The molecule has 2 aromatic carbocycles. The van der Waals surface area contributed by atoms with Crippen molar-refractivity contribution >= 4 is 29.1 Å². The lowest BCUT2D eigenvalue weighted by molar-refractivity contribution is -0.113. The lowest BCUT2D eigenvalue weighted by Crippen LogP contribution is -2.16. The molecule has 0 radical (unpaired) electrons. The highest BCUT2D eigenvalue weighted by Gasteiger charge is 2.16. The Morgan fingerprint density at radius 2 is 1.72 bits per heavy atom. The van der Waals surface area contributed by atoms with E-state index in [2.05, 4.69) is 36.3 Å². The normalized spacial score (nSPS) is 11.3. The number of hydrogen-bond acceptors (Lipinski definition) is 6. The summed E-state index contributed by atoms with van der Waals surface area (Å²) in [5.74, 6) is 0.150. The number of ketones is 1. The number of Topliss-reactive ketones (excluding diaryl/α,β-unsaturated/α-hetero) is 1. The van der Waals surface area contributed by atoms with E-state index >= 15 is 0 Å². The van der Waals surface area contributed by atoms with Crippen LogP contribution in [0.15, 0.2) is 58.2 Å². The van der Waals surface area contributed by atoms with Crippen molar-refractivity contribution in [2.75, 3.05) is 11.1 Å². The standard InChI is InChI=1S/C22H23N3O3S/c1-14(26)17-7-5-6-8-18(17)23-19(27)13-29-21-25-24-20(28-21)15-9-11-16(12-10-15)22(2,3)4/h5-12H,13H2,1-4H3,(H,23,27). The molecule has 29 heavy (non-hydrogen) atoms. The van der Waals surface area contributed by atoms with Crippen LogP contribution < -0.4 is 5.32 Å². The van der Waals surface area contributed by atoms with E-state index in [4.69, 9.17) is 4.42 Å². The third kappa shape index (κ3) is 5.32. The number of nitrogens with one attached hydrogen (secondary N) is 1. The van der Waals surface area contributed by atoms with Gasteiger partial charge in [0.2, 0.25) is 11.8 Å². The topological polar surface area (TPSA) is 85.1 Å². The summed E-state index contributed by atoms with van der Waals surface area (Å²) in [6.45, 7) is 7.93. The Balaban J connectivity index is 1.61. The van der Waals surface area contributed by atoms with E-state index in [-0.39, 0.29) is 22.9 Å². The number of carbonyl (C=O) groups is 2. The van der Waals surface area contributed by atoms with Gasteiger partial charge in [-0.2, -0.15) is 0 Å². The number of aromatic nitrogens is 2. The molecule has 0 unspecified atom stereocenters. The van der Waals surface area contributed by atoms with Gasteiger partial charge in [0.15, 0.2) is 5.78 Å². The van der Waals surface area contributed by atoms with E-state index in [0.29, 0.717) is 22.4 Å². The largest absolute Gasteiger partial charge is 0.411 e. The summed E-state index contributed by atoms with van der Waals surface area (Å²) >= 11 is 1.15. The molecule has 0 saturated heterocycles. The average Bonchev–Trinajstić information content (AvgIpc) is 3.15. The summed E-state index contributed by atoms with van der Waals surface area (Å²) in [6, 6.07) is 14.9. The van der Waals surface area contributed by atoms with Crippen molar-refractivity contribution < 1.29 is 14.0 Å². The number of benzene rings is 2. The van der Waals surface area contributed by atoms with Crippen LogP contribution in [0.3, 0.4) is 0 Å². The first-order valence-corrected chi connectivity index (χ1v) is 10.2. The van der Waals surface area contributed by atoms with E-state index in [1.54, 1.807) is 24.3 Å². The lowest BCUT2D eigenvalue weighted by Gasteiger charge is -2.18. The van der Waals surface area contributed by atoms with Crippen LogP contribution in [0.1, 0.15) is 43.6 Å². The molecule has 150 valence electrons. The molecule has 0 saturated carbocycles. The molecule has 0 aliphatic heterocycles. The predicted molar refractivity (Wildman–Crippen MR) is 114 cm³/mol. The van der Waals surface area contributed by atoms with E-state index in [0.717, 1.165) is 17.3 Å². The fourth-order valence-corrected chi connectivity index (χ4v) is 3.27. The number of para-hydroxylation sites is 1. The smallest absolute Gasteiger partial charge is 0.277 e. The first-order valence-electron chi connectivity index (χ1n) is 9.21. The molecule has 1 heterocycles. The number of amides is 1. The van der Waals surface area contributed by atoms with Gasteiger partial charge in [0, 0.05) is 11.1 Å². The molecular formula is C22H23N3O3S. The Bertz CT molecular complexity index is 1020. The van der Waals surface area contributed by atoms with E-state index in [9.17, 15) is 9.59 Å². The monoisotopic (exact) mass is 409 g/mol. The van der Waals surface area contributed by atoms with Crippen LogP contribution in [-0.2, 0) is 10.2 Å². The van der Waals surface area contributed by atoms with Crippen molar-refractivity contribution in [1.29, 1.82) is 0 Å². The third-order valence-corrected chi connectivity index (χ3v) is 5.13. The molecule has 0 bridgehead atoms. The first kappa shape index (κ1) is 20.8. The van der Waals surface area contributed by atoms with Crippen molar-refractivity contribution in [1.82, 2.24) is 10.2 Å². The SMILES string of the molecule is CC(=O)c1ccccc1NC(=O)CSc1nnc(-c2ccc(C(C)(C)C)cc2)o1. The maximum absolute atomic E-state index is 12.2. The molecular weight excluding hydrogens is 386 g/mol. The number of rotatable bonds is 6. The molecule has 3 aromatic rings. The van der Waals surface area contributed by atoms with Gasteiger partial charge in [-0.3, -0.25) is 9.59 Å². The second kappa shape index (κ2) is 8.61. The van der Waals surface area contributed by atoms with Crippen molar-refractivity contribution in [3.8, 4) is 11.5 Å². The Hall–Kier alpha value is -2.93. The van der Waals surface area contributed by atoms with Gasteiger partial charge in [-0.25, -0.2) is 0 Å². The number of nitrogens with zero attached hydrogens (tertiary/aromatic N) is 2. The van der Waals surface area contributed by atoms with Gasteiger partial charge in [-0.1, -0.05) is 56.8 Å². The van der Waals surface area contributed by atoms with Crippen LogP contribution in [0.5, 0.6) is 0 Å². The molecule has 3 rings (SSSR count). The molecule has 0 aliphatic carbocycles. The maximum atomic E-state index is 12.2. The van der Waals surface area contributed by atoms with Gasteiger partial charge in [0.25, 0.3) is 5.22 Å². The molecule has 0 aliphatic rings. The highest BCUT2D eigenvalue weighted by molar-refractivity contribution is 7.99. The van der Waals surface area contributed by atoms with Crippen LogP contribution in [0.4, 0.5) is 5.69 Å². The second-order valence-corrected chi connectivity index (χ2v) is 8.57. The van der Waals surface area contributed by atoms with Gasteiger partial charge in [-0.05, 0) is 42.2 Å². The van der Waals surface area contributed by atoms with E-state index < -0.39 is 0 Å². The number of carbonyl (C=O) groups excluding carboxylic acids is 2. The van der Waals surface area contributed by atoms with Gasteiger partial charge in [0.1, 0.15) is 0 Å². The highest BCUT2D eigenvalue weighted by Crippen LogP contribution is 2.27. The summed E-state index contributed by atoms with van der Waals surface area (Å²) in [5.41, 5.74) is 3.10. The van der Waals surface area contributed by atoms with Crippen LogP contribution in [0, 0.1) is 0 Å². The summed E-state index contributed by atoms with van der Waals surface area (Å²) in [5, 5.41) is 11.1. The number of thioether (sulfide) groups is 1. The maximum Gasteiger partial charge on any atom is 0.277 e. The lowest BCUT2D eigenvalue weighted by atomic mass is 9.87. The number of hydrogen-bond donors (Lipinski definition) is 1. The van der Waals surface area contributed by atoms with Gasteiger partial charge in [0.05, 0.1) is 11.4 Å². The zero-order valence-electron chi connectivity index (χ0n) is 16.9. The summed E-state index contributed by atoms with van der Waals surface area (Å²) in [7, 11) is 0. The second-order valence-electron chi connectivity index (χ2n) is 7.64. The first-order chi connectivity index (χ1) is 13.7. The molecule has 0 atom stereocenters. The molecule has 1 aromatic heterocycles. The van der Waals surface area contributed by atoms with Gasteiger partial charge >= 0.3 is 0 Å². The van der Waals surface area contributed by atoms with E-state index in [1.165, 1.54) is 12.5 Å². The zero-order chi connectivity index (χ0) is 21.0. The summed E-state index contributed by atoms with van der Waals surface area (Å²) in [4.78, 5) is 23.9. The molecule has 0 spiro atoms. The molecule has 1 amide bonds. The van der Waals surface area contributed by atoms with Crippen molar-refractivity contribution in [2.24, 2.45) is 0 Å². The Morgan fingerprint density at radius 1 is 1.03 bits per heavy atom. The third-order valence-electron chi connectivity index (χ3n) is 4.31. The molecule has 6 nitrogen and oxygen atoms in total. The van der Waals surface area contributed by atoms with Gasteiger partial charge < -0.3 is 9.73 Å². The summed E-state index contributed by atoms with van der Waals surface area (Å²) in [6.07, 6.45) is 0. The fourth-order valence-electron chi connectivity index (χ4n) is 2.71. The minimum atomic E-state index is -0.252. The van der Waals surface area contributed by atoms with Crippen molar-refractivity contribution in [3.05, 3.63) is 59.7 Å². The van der Waals surface area contributed by atoms with Crippen LogP contribution in [-0.4, -0.2) is 27.6 Å². The van der Waals surface area contributed by atoms with Gasteiger partial charge in [-0.15, -0.1) is 10.2 Å². The van der Waals surface area contributed by atoms with Crippen LogP contribution in [0.2, 0.25) is 0 Å². The summed E-state index contributed by atoms with van der Waals surface area (Å²) < 4.78 is 5.66. The minimum Gasteiger partial charge on any atom is -0.411 e. The molecule has 0 fully saturated rings. The van der Waals surface area contributed by atoms with Crippen LogP contribution in [0.25, 0.3) is 11.5 Å². The fraction of sp³-hybridized carbons (Fsp3) is 0.273. The van der Waals surface area contributed by atoms with E-state index in [1.807, 2.05) is 24.3 Å². The highest BCUT2D eigenvalue weighted by atomic mass is 32.2. The molecule has 1 N–H and O–H groups in total. The Kier molecular flexibility index (Phi) is 6.17. The quantitative estimate of drug-likeness (QED) is 0.457. The minimum absolute atomic E-state index is 0.0722. The van der Waals surface area contributed by atoms with Crippen LogP contribution >= 0.6 is 11.8 Å². The zero-order valence-corrected chi connectivity index (χ0v) is 17.7. The predicted octanol–water partition coefficient (Wildman–Crippen LogP) is 4.97. The Labute approximate surface area is 174 Å². The Morgan fingerprint density at radius 3 is 2.38 bits per heavy atom.